The lowest BCUT2D eigenvalue weighted by Gasteiger charge is -2.60. The first-order valence-corrected chi connectivity index (χ1v) is 17.5. The highest BCUT2D eigenvalue weighted by atomic mass is 32.2. The van der Waals surface area contributed by atoms with Gasteiger partial charge in [-0.05, 0) is 37.9 Å². The number of hydrogen-bond acceptors (Lipinski definition) is 9. The number of sulfonamides is 1. The van der Waals surface area contributed by atoms with Gasteiger partial charge in [-0.2, -0.15) is 4.31 Å². The summed E-state index contributed by atoms with van der Waals surface area (Å²) >= 11 is 0. The molecule has 3 amide bonds. The summed E-state index contributed by atoms with van der Waals surface area (Å²) in [7, 11) is -7.04. The summed E-state index contributed by atoms with van der Waals surface area (Å²) in [5.41, 5.74) is -1.13. The minimum Gasteiger partial charge on any atom is -0.444 e. The van der Waals surface area contributed by atoms with Gasteiger partial charge in [0, 0.05) is 18.6 Å². The number of carbonyl (C=O) groups excluding carboxylic acids is 3. The van der Waals surface area contributed by atoms with E-state index in [4.69, 9.17) is 9.47 Å². The second-order valence-electron chi connectivity index (χ2n) is 12.6. The first kappa shape index (κ1) is 32.1. The van der Waals surface area contributed by atoms with Gasteiger partial charge in [-0.25, -0.2) is 18.0 Å². The van der Waals surface area contributed by atoms with Crippen LogP contribution >= 0.6 is 0 Å². The maximum atomic E-state index is 13.5. The molecule has 0 radical (unpaired) electrons. The van der Waals surface area contributed by atoms with Crippen LogP contribution < -0.4 is 5.32 Å². The lowest BCUT2D eigenvalue weighted by molar-refractivity contribution is -0.384. The molecule has 2 aliphatic heterocycles. The molecule has 2 saturated heterocycles. The van der Waals surface area contributed by atoms with E-state index in [1.807, 2.05) is 33.9 Å². The maximum Gasteiger partial charge on any atom is 0.424 e. The van der Waals surface area contributed by atoms with E-state index in [9.17, 15) is 32.9 Å². The van der Waals surface area contributed by atoms with Gasteiger partial charge in [0.25, 0.3) is 15.7 Å². The molecule has 2 aliphatic rings. The van der Waals surface area contributed by atoms with Gasteiger partial charge in [0.15, 0.2) is 8.24 Å². The molecule has 226 valence electrons. The highest BCUT2D eigenvalue weighted by molar-refractivity contribution is 7.89. The molecule has 4 atom stereocenters. The fraction of sp³-hybridized carbons (Fsp3) is 0.577. The molecular weight excluding hydrogens is 572 g/mol. The summed E-state index contributed by atoms with van der Waals surface area (Å²) < 4.78 is 40.2. The number of benzene rings is 1. The van der Waals surface area contributed by atoms with E-state index in [1.165, 1.54) is 6.08 Å². The van der Waals surface area contributed by atoms with Gasteiger partial charge in [0.05, 0.1) is 21.9 Å². The third-order valence-electron chi connectivity index (χ3n) is 7.72. The Balaban J connectivity index is 1.96. The number of β-lactam (4-membered cyclic amide) rings is 1. The van der Waals surface area contributed by atoms with E-state index in [0.29, 0.717) is 4.31 Å². The van der Waals surface area contributed by atoms with Crippen LogP contribution in [0.4, 0.5) is 15.3 Å². The molecule has 13 nitrogen and oxygen atoms in total. The van der Waals surface area contributed by atoms with E-state index in [-0.39, 0.29) is 27.9 Å². The Kier molecular flexibility index (Phi) is 8.40. The summed E-state index contributed by atoms with van der Waals surface area (Å²) in [6.07, 6.45) is -1.71. The number of ether oxygens (including phenoxy) is 2. The van der Waals surface area contributed by atoms with Crippen molar-refractivity contribution in [2.24, 2.45) is 0 Å². The predicted molar refractivity (Wildman–Crippen MR) is 152 cm³/mol. The summed E-state index contributed by atoms with van der Waals surface area (Å²) in [4.78, 5) is 49.5. The second-order valence-corrected chi connectivity index (χ2v) is 19.6. The maximum absolute atomic E-state index is 13.5. The lowest BCUT2D eigenvalue weighted by Crippen LogP contribution is -2.82. The number of nitro benzene ring substituents is 1. The standard InChI is InChI=1S/C26H38N4O9SSi/c1-10-16-15-19(38-24(33)28(16)40(36,37)18-13-11-17(12-14-18)30(34)35)21-20(27-23(32)39-25(2,3)4)22(31)29(21)41(8,9)26(5,6)7/h10-14,16,19-21H,1,15H2,2-9H3,(H,27,32)/t16-,19-,20+,21-/m0/s1. The molecule has 1 N–H and O–H groups in total. The molecule has 0 aromatic heterocycles. The van der Waals surface area contributed by atoms with Gasteiger partial charge >= 0.3 is 12.2 Å². The number of hydrogen-bond donors (Lipinski definition) is 1. The number of nitrogens with one attached hydrogen (secondary N) is 1. The van der Waals surface area contributed by atoms with Crippen LogP contribution in [0.5, 0.6) is 0 Å². The van der Waals surface area contributed by atoms with Crippen molar-refractivity contribution in [1.29, 1.82) is 0 Å². The molecule has 1 aromatic carbocycles. The second kappa shape index (κ2) is 10.7. The zero-order chi connectivity index (χ0) is 31.3. The minimum absolute atomic E-state index is 0.0446. The van der Waals surface area contributed by atoms with Crippen LogP contribution in [0.15, 0.2) is 41.8 Å². The fourth-order valence-corrected chi connectivity index (χ4v) is 8.66. The van der Waals surface area contributed by atoms with Crippen LogP contribution in [0.3, 0.4) is 0 Å². The van der Waals surface area contributed by atoms with E-state index in [2.05, 4.69) is 11.9 Å². The molecule has 0 bridgehead atoms. The van der Waals surface area contributed by atoms with Crippen molar-refractivity contribution < 1.29 is 37.2 Å². The predicted octanol–water partition coefficient (Wildman–Crippen LogP) is 4.16. The van der Waals surface area contributed by atoms with Gasteiger partial charge in [0.2, 0.25) is 5.91 Å². The number of nitrogens with zero attached hydrogens (tertiary/aromatic N) is 3. The number of amides is 3. The molecular formula is C26H38N4O9SSi. The first-order chi connectivity index (χ1) is 18.6. The highest BCUT2D eigenvalue weighted by Gasteiger charge is 2.62. The molecule has 2 fully saturated rings. The minimum atomic E-state index is -4.48. The van der Waals surface area contributed by atoms with Crippen LogP contribution in [0.2, 0.25) is 18.1 Å². The number of rotatable bonds is 7. The topological polar surface area (TPSA) is 165 Å². The first-order valence-electron chi connectivity index (χ1n) is 13.1. The van der Waals surface area contributed by atoms with Gasteiger partial charge in [-0.3, -0.25) is 14.9 Å². The third-order valence-corrected chi connectivity index (χ3v) is 14.9. The van der Waals surface area contributed by atoms with E-state index in [0.717, 1.165) is 24.3 Å². The number of alkyl carbamates (subject to hydrolysis) is 1. The van der Waals surface area contributed by atoms with Crippen molar-refractivity contribution in [3.63, 3.8) is 0 Å². The number of carbonyl (C=O) groups is 3. The van der Waals surface area contributed by atoms with E-state index in [1.54, 1.807) is 25.3 Å². The molecule has 1 aromatic rings. The van der Waals surface area contributed by atoms with Crippen molar-refractivity contribution in [3.8, 4) is 0 Å². The molecule has 0 saturated carbocycles. The Morgan fingerprint density at radius 2 is 1.73 bits per heavy atom. The Hall–Kier alpha value is -3.46. The molecule has 41 heavy (non-hydrogen) atoms. The van der Waals surface area contributed by atoms with Crippen molar-refractivity contribution >= 4 is 42.0 Å². The van der Waals surface area contributed by atoms with Gasteiger partial charge in [0.1, 0.15) is 17.7 Å². The number of non-ortho nitro benzene ring substituents is 1. The zero-order valence-corrected chi connectivity index (χ0v) is 26.4. The summed E-state index contributed by atoms with van der Waals surface area (Å²) in [5, 5.41) is 13.3. The lowest BCUT2D eigenvalue weighted by atomic mass is 9.89. The van der Waals surface area contributed by atoms with Crippen LogP contribution in [-0.2, 0) is 24.3 Å². The van der Waals surface area contributed by atoms with Crippen LogP contribution in [0, 0.1) is 10.1 Å². The molecule has 2 heterocycles. The van der Waals surface area contributed by atoms with Crippen LogP contribution in [0.25, 0.3) is 0 Å². The van der Waals surface area contributed by atoms with Gasteiger partial charge in [-0.1, -0.05) is 39.9 Å². The summed E-state index contributed by atoms with van der Waals surface area (Å²) in [5.74, 6) is -0.334. The van der Waals surface area contributed by atoms with Crippen molar-refractivity contribution in [2.75, 3.05) is 0 Å². The molecule has 0 spiro atoms. The van der Waals surface area contributed by atoms with Crippen molar-refractivity contribution in [2.45, 2.75) is 101 Å². The third kappa shape index (κ3) is 6.10. The Morgan fingerprint density at radius 3 is 2.20 bits per heavy atom. The average molecular weight is 611 g/mol. The van der Waals surface area contributed by atoms with Crippen LogP contribution in [-0.4, -0.2) is 78.4 Å². The average Bonchev–Trinajstić information content (AvgIpc) is 2.82. The smallest absolute Gasteiger partial charge is 0.424 e. The SMILES string of the molecule is C=C[C@H]1C[C@@H]([C@H]2[C@@H](NC(=O)OC(C)(C)C)C(=O)N2[Si](C)(C)C(C)(C)C)OC(=O)N1S(=O)(=O)c1ccc([N+](=O)[O-])cc1. The normalized spacial score (nSPS) is 23.8. The zero-order valence-electron chi connectivity index (χ0n) is 24.5. The quantitative estimate of drug-likeness (QED) is 0.157. The van der Waals surface area contributed by atoms with Gasteiger partial charge < -0.3 is 19.4 Å². The summed E-state index contributed by atoms with van der Waals surface area (Å²) in [6, 6.07) is 1.25. The summed E-state index contributed by atoms with van der Waals surface area (Å²) in [6.45, 7) is 18.8. The molecule has 0 unspecified atom stereocenters. The Bertz CT molecular complexity index is 1350. The van der Waals surface area contributed by atoms with Crippen molar-refractivity contribution in [3.05, 3.63) is 47.0 Å². The van der Waals surface area contributed by atoms with E-state index >= 15 is 0 Å². The Labute approximate surface area is 241 Å². The van der Waals surface area contributed by atoms with Gasteiger partial charge in [-0.15, -0.1) is 6.58 Å². The molecule has 3 rings (SSSR count). The number of nitro groups is 1. The highest BCUT2D eigenvalue weighted by Crippen LogP contribution is 2.45. The molecule has 0 aliphatic carbocycles. The Morgan fingerprint density at radius 1 is 1.17 bits per heavy atom. The monoisotopic (exact) mass is 610 g/mol. The van der Waals surface area contributed by atoms with Crippen molar-refractivity contribution in [1.82, 2.24) is 14.2 Å². The number of cyclic esters (lactones) is 1. The molecule has 15 heteroatoms. The largest absolute Gasteiger partial charge is 0.444 e. The van der Waals surface area contributed by atoms with Crippen LogP contribution in [0.1, 0.15) is 48.0 Å². The fourth-order valence-electron chi connectivity index (χ4n) is 4.71. The van der Waals surface area contributed by atoms with E-state index < -0.39 is 65.2 Å².